The van der Waals surface area contributed by atoms with E-state index in [4.69, 9.17) is 5.11 Å². The molecule has 1 unspecified atom stereocenters. The number of nitrogens with zero attached hydrogens (tertiary/aromatic N) is 3. The van der Waals surface area contributed by atoms with Gasteiger partial charge in [0.25, 0.3) is 5.91 Å². The maximum absolute atomic E-state index is 12.6. The van der Waals surface area contributed by atoms with Crippen molar-refractivity contribution in [2.24, 2.45) is 0 Å². The van der Waals surface area contributed by atoms with E-state index < -0.39 is 12.0 Å². The van der Waals surface area contributed by atoms with Crippen molar-refractivity contribution in [3.8, 4) is 0 Å². The van der Waals surface area contributed by atoms with Crippen LogP contribution in [0.5, 0.6) is 0 Å². The molecule has 2 heterocycles. The lowest BCUT2D eigenvalue weighted by Crippen LogP contribution is -2.35. The summed E-state index contributed by atoms with van der Waals surface area (Å²) in [7, 11) is 0. The van der Waals surface area contributed by atoms with Crippen LogP contribution in [0.4, 0.5) is 5.69 Å². The minimum atomic E-state index is -1.10. The van der Waals surface area contributed by atoms with Crippen molar-refractivity contribution in [1.82, 2.24) is 9.78 Å². The second-order valence-electron chi connectivity index (χ2n) is 5.03. The Bertz CT molecular complexity index is 708. The Morgan fingerprint density at radius 2 is 2.05 bits per heavy atom. The summed E-state index contributed by atoms with van der Waals surface area (Å²) in [6.45, 7) is 2.37. The minimum absolute atomic E-state index is 0.0588. The first kappa shape index (κ1) is 13.4. The van der Waals surface area contributed by atoms with E-state index in [0.717, 1.165) is 17.7 Å². The van der Waals surface area contributed by atoms with Crippen LogP contribution in [-0.2, 0) is 11.2 Å². The van der Waals surface area contributed by atoms with Gasteiger partial charge >= 0.3 is 5.97 Å². The average Bonchev–Trinajstić information content (AvgIpc) is 3.12. The third kappa shape index (κ3) is 2.29. The number of carbonyl (C=O) groups is 2. The quantitative estimate of drug-likeness (QED) is 0.932. The molecule has 1 atom stereocenters. The van der Waals surface area contributed by atoms with Gasteiger partial charge in [-0.15, -0.1) is 0 Å². The van der Waals surface area contributed by atoms with Gasteiger partial charge in [0.2, 0.25) is 0 Å². The predicted molar refractivity (Wildman–Crippen MR) is 76.4 cm³/mol. The number of carboxylic acids is 1. The first-order chi connectivity index (χ1) is 10.1. The van der Waals surface area contributed by atoms with E-state index in [1.165, 1.54) is 16.9 Å². The Balaban J connectivity index is 1.83. The van der Waals surface area contributed by atoms with Crippen molar-refractivity contribution in [1.29, 1.82) is 0 Å². The highest BCUT2D eigenvalue weighted by atomic mass is 16.4. The van der Waals surface area contributed by atoms with Gasteiger partial charge in [0, 0.05) is 18.4 Å². The number of carbonyl (C=O) groups excluding carboxylic acids is 1. The number of fused-ring (bicyclic) bond motifs is 1. The molecule has 6 nitrogen and oxygen atoms in total. The van der Waals surface area contributed by atoms with Gasteiger partial charge in [-0.25, -0.2) is 4.79 Å². The number of amides is 1. The van der Waals surface area contributed by atoms with E-state index in [9.17, 15) is 9.59 Å². The highest BCUT2D eigenvalue weighted by Crippen LogP contribution is 2.29. The maximum atomic E-state index is 12.6. The maximum Gasteiger partial charge on any atom is 0.356 e. The summed E-state index contributed by atoms with van der Waals surface area (Å²) in [5.74, 6) is -1.18. The number of carboxylic acid groups (broad SMARTS) is 1. The van der Waals surface area contributed by atoms with Crippen molar-refractivity contribution >= 4 is 17.6 Å². The first-order valence-corrected chi connectivity index (χ1v) is 6.75. The molecular weight excluding hydrogens is 270 g/mol. The number of benzene rings is 1. The molecule has 1 aromatic carbocycles. The van der Waals surface area contributed by atoms with Gasteiger partial charge in [0.1, 0.15) is 6.04 Å². The molecular formula is C15H15N3O3. The smallest absolute Gasteiger partial charge is 0.356 e. The second-order valence-corrected chi connectivity index (χ2v) is 5.03. The van der Waals surface area contributed by atoms with Crippen molar-refractivity contribution < 1.29 is 14.7 Å². The third-order valence-corrected chi connectivity index (χ3v) is 3.73. The summed E-state index contributed by atoms with van der Waals surface area (Å²) >= 11 is 0. The van der Waals surface area contributed by atoms with E-state index in [1.54, 1.807) is 11.8 Å². The van der Waals surface area contributed by atoms with E-state index in [1.807, 2.05) is 24.3 Å². The molecule has 0 bridgehead atoms. The molecule has 0 spiro atoms. The van der Waals surface area contributed by atoms with Crippen LogP contribution in [0.2, 0.25) is 0 Å². The normalized spacial score (nSPS) is 14.8. The molecule has 0 aliphatic carbocycles. The lowest BCUT2D eigenvalue weighted by molar-refractivity contribution is -0.121. The van der Waals surface area contributed by atoms with E-state index in [2.05, 4.69) is 5.10 Å². The van der Waals surface area contributed by atoms with Crippen LogP contribution < -0.4 is 4.90 Å². The summed E-state index contributed by atoms with van der Waals surface area (Å²) in [6, 6.07) is 8.67. The van der Waals surface area contributed by atoms with Crippen molar-refractivity contribution in [3.63, 3.8) is 0 Å². The van der Waals surface area contributed by atoms with E-state index in [-0.39, 0.29) is 11.6 Å². The summed E-state index contributed by atoms with van der Waals surface area (Å²) < 4.78 is 1.40. The van der Waals surface area contributed by atoms with Gasteiger partial charge in [-0.05, 0) is 31.0 Å². The van der Waals surface area contributed by atoms with Gasteiger partial charge in [-0.2, -0.15) is 5.10 Å². The number of hydrogen-bond acceptors (Lipinski definition) is 3. The molecule has 0 fully saturated rings. The van der Waals surface area contributed by atoms with Gasteiger partial charge in [-0.3, -0.25) is 9.48 Å². The van der Waals surface area contributed by atoms with Crippen molar-refractivity contribution in [3.05, 3.63) is 47.8 Å². The summed E-state index contributed by atoms with van der Waals surface area (Å²) in [5, 5.41) is 12.8. The molecule has 0 saturated carbocycles. The SMILES string of the molecule is CC(C(=O)N1CCc2ccccc21)n1ccc(C(=O)O)n1. The second kappa shape index (κ2) is 5.05. The molecule has 1 aliphatic rings. The Kier molecular flexibility index (Phi) is 3.21. The fourth-order valence-electron chi connectivity index (χ4n) is 2.57. The predicted octanol–water partition coefficient (Wildman–Crippen LogP) is 1.73. The topological polar surface area (TPSA) is 75.4 Å². The van der Waals surface area contributed by atoms with Crippen molar-refractivity contribution in [2.75, 3.05) is 11.4 Å². The number of hydrogen-bond donors (Lipinski definition) is 1. The zero-order valence-corrected chi connectivity index (χ0v) is 11.6. The molecule has 0 radical (unpaired) electrons. The molecule has 1 aromatic heterocycles. The Labute approximate surface area is 121 Å². The standard InChI is InChI=1S/C15H15N3O3/c1-10(18-9-7-12(16-18)15(20)21)14(19)17-8-6-11-4-2-3-5-13(11)17/h2-5,7,9-10H,6,8H2,1H3,(H,20,21). The highest BCUT2D eigenvalue weighted by molar-refractivity contribution is 5.97. The van der Waals surface area contributed by atoms with Crippen LogP contribution >= 0.6 is 0 Å². The van der Waals surface area contributed by atoms with Crippen molar-refractivity contribution in [2.45, 2.75) is 19.4 Å². The fraction of sp³-hybridized carbons (Fsp3) is 0.267. The zero-order valence-electron chi connectivity index (χ0n) is 11.6. The van der Waals surface area contributed by atoms with Gasteiger partial charge in [0.15, 0.2) is 5.69 Å². The molecule has 1 amide bonds. The number of para-hydroxylation sites is 1. The lowest BCUT2D eigenvalue weighted by Gasteiger charge is -2.21. The van der Waals surface area contributed by atoms with Crippen LogP contribution in [0, 0.1) is 0 Å². The number of rotatable bonds is 3. The largest absolute Gasteiger partial charge is 0.476 e. The summed E-state index contributed by atoms with van der Waals surface area (Å²) in [5.41, 5.74) is 2.03. The number of anilines is 1. The van der Waals surface area contributed by atoms with E-state index in [0.29, 0.717) is 6.54 Å². The Morgan fingerprint density at radius 1 is 1.29 bits per heavy atom. The van der Waals surface area contributed by atoms with Crippen LogP contribution in [0.25, 0.3) is 0 Å². The number of aromatic nitrogens is 2. The van der Waals surface area contributed by atoms with Gasteiger partial charge in [0.05, 0.1) is 0 Å². The molecule has 3 rings (SSSR count). The molecule has 108 valence electrons. The molecule has 0 saturated heterocycles. The highest BCUT2D eigenvalue weighted by Gasteiger charge is 2.29. The van der Waals surface area contributed by atoms with Crippen LogP contribution in [-0.4, -0.2) is 33.3 Å². The summed E-state index contributed by atoms with van der Waals surface area (Å²) in [6.07, 6.45) is 2.36. The average molecular weight is 285 g/mol. The summed E-state index contributed by atoms with van der Waals surface area (Å²) in [4.78, 5) is 25.2. The van der Waals surface area contributed by atoms with Gasteiger partial charge in [-0.1, -0.05) is 18.2 Å². The van der Waals surface area contributed by atoms with Crippen LogP contribution in [0.3, 0.4) is 0 Å². The monoisotopic (exact) mass is 285 g/mol. The lowest BCUT2D eigenvalue weighted by atomic mass is 10.2. The first-order valence-electron chi connectivity index (χ1n) is 6.75. The molecule has 2 aromatic rings. The molecule has 1 aliphatic heterocycles. The minimum Gasteiger partial charge on any atom is -0.476 e. The van der Waals surface area contributed by atoms with Crippen LogP contribution in [0.15, 0.2) is 36.5 Å². The van der Waals surface area contributed by atoms with E-state index >= 15 is 0 Å². The third-order valence-electron chi connectivity index (χ3n) is 3.73. The molecule has 6 heteroatoms. The van der Waals surface area contributed by atoms with Gasteiger partial charge < -0.3 is 10.0 Å². The van der Waals surface area contributed by atoms with Crippen LogP contribution in [0.1, 0.15) is 29.0 Å². The fourth-order valence-corrected chi connectivity index (χ4v) is 2.57. The Hall–Kier alpha value is -2.63. The Morgan fingerprint density at radius 3 is 2.76 bits per heavy atom. The molecule has 21 heavy (non-hydrogen) atoms. The molecule has 1 N–H and O–H groups in total. The number of aromatic carboxylic acids is 1. The zero-order chi connectivity index (χ0) is 15.0.